The maximum Gasteiger partial charge on any atom is 0.239 e. The van der Waals surface area contributed by atoms with Crippen molar-refractivity contribution < 1.29 is 4.79 Å². The summed E-state index contributed by atoms with van der Waals surface area (Å²) >= 11 is 0. The van der Waals surface area contributed by atoms with Crippen molar-refractivity contribution in [1.29, 1.82) is 0 Å². The molecule has 2 atom stereocenters. The minimum atomic E-state index is -0.0139. The molecule has 1 N–H and O–H groups in total. The SMILES string of the molecule is CC(N[C@H](C)C1CCCCC1)C(=O)N1CCCC1. The molecule has 0 aromatic heterocycles. The van der Waals surface area contributed by atoms with Gasteiger partial charge >= 0.3 is 0 Å². The van der Waals surface area contributed by atoms with E-state index in [0.29, 0.717) is 11.9 Å². The highest BCUT2D eigenvalue weighted by atomic mass is 16.2. The number of hydrogen-bond donors (Lipinski definition) is 1. The molecule has 1 heterocycles. The highest BCUT2D eigenvalue weighted by molar-refractivity contribution is 5.81. The fourth-order valence-electron chi connectivity index (χ4n) is 3.45. The zero-order valence-corrected chi connectivity index (χ0v) is 12.0. The Morgan fingerprint density at radius 2 is 1.67 bits per heavy atom. The lowest BCUT2D eigenvalue weighted by atomic mass is 9.84. The largest absolute Gasteiger partial charge is 0.341 e. The Balaban J connectivity index is 1.78. The molecular weight excluding hydrogens is 224 g/mol. The van der Waals surface area contributed by atoms with E-state index >= 15 is 0 Å². The van der Waals surface area contributed by atoms with E-state index in [4.69, 9.17) is 0 Å². The van der Waals surface area contributed by atoms with Gasteiger partial charge in [-0.05, 0) is 45.4 Å². The van der Waals surface area contributed by atoms with Gasteiger partial charge in [0.15, 0.2) is 0 Å². The molecule has 1 saturated heterocycles. The van der Waals surface area contributed by atoms with E-state index in [1.54, 1.807) is 0 Å². The average molecular weight is 252 g/mol. The van der Waals surface area contributed by atoms with Gasteiger partial charge in [0.25, 0.3) is 0 Å². The Morgan fingerprint density at radius 1 is 1.06 bits per heavy atom. The third-order valence-corrected chi connectivity index (χ3v) is 4.66. The van der Waals surface area contributed by atoms with Gasteiger partial charge in [-0.1, -0.05) is 19.3 Å². The molecule has 2 fully saturated rings. The molecule has 0 bridgehead atoms. The van der Waals surface area contributed by atoms with E-state index in [0.717, 1.165) is 19.0 Å². The van der Waals surface area contributed by atoms with Gasteiger partial charge in [0, 0.05) is 19.1 Å². The van der Waals surface area contributed by atoms with Gasteiger partial charge in [-0.15, -0.1) is 0 Å². The first-order chi connectivity index (χ1) is 8.68. The Kier molecular flexibility index (Phi) is 5.04. The molecule has 3 nitrogen and oxygen atoms in total. The van der Waals surface area contributed by atoms with Crippen molar-refractivity contribution in [2.45, 2.75) is 70.9 Å². The van der Waals surface area contributed by atoms with Crippen LogP contribution in [0.15, 0.2) is 0 Å². The fourth-order valence-corrected chi connectivity index (χ4v) is 3.45. The summed E-state index contributed by atoms with van der Waals surface area (Å²) in [6.45, 7) is 6.20. The lowest BCUT2D eigenvalue weighted by molar-refractivity contribution is -0.132. The number of nitrogens with one attached hydrogen (secondary N) is 1. The van der Waals surface area contributed by atoms with Crippen LogP contribution in [-0.4, -0.2) is 36.0 Å². The molecule has 1 saturated carbocycles. The van der Waals surface area contributed by atoms with Crippen molar-refractivity contribution in [1.82, 2.24) is 10.2 Å². The first kappa shape index (κ1) is 13.9. The maximum absolute atomic E-state index is 12.2. The van der Waals surface area contributed by atoms with Crippen LogP contribution in [0.25, 0.3) is 0 Å². The van der Waals surface area contributed by atoms with Crippen LogP contribution in [0.1, 0.15) is 58.8 Å². The van der Waals surface area contributed by atoms with Gasteiger partial charge in [0.2, 0.25) is 5.91 Å². The Morgan fingerprint density at radius 3 is 2.28 bits per heavy atom. The van der Waals surface area contributed by atoms with Crippen molar-refractivity contribution in [3.05, 3.63) is 0 Å². The second kappa shape index (κ2) is 6.55. The first-order valence-corrected chi connectivity index (χ1v) is 7.73. The molecule has 1 aliphatic heterocycles. The maximum atomic E-state index is 12.2. The van der Waals surface area contributed by atoms with E-state index in [-0.39, 0.29) is 6.04 Å². The summed E-state index contributed by atoms with van der Waals surface area (Å²) in [5, 5.41) is 3.54. The molecule has 18 heavy (non-hydrogen) atoms. The van der Waals surface area contributed by atoms with E-state index in [1.807, 2.05) is 11.8 Å². The summed E-state index contributed by atoms with van der Waals surface area (Å²) in [7, 11) is 0. The van der Waals surface area contributed by atoms with Gasteiger partial charge in [-0.2, -0.15) is 0 Å². The topological polar surface area (TPSA) is 32.3 Å². The molecular formula is C15H28N2O. The number of hydrogen-bond acceptors (Lipinski definition) is 2. The monoisotopic (exact) mass is 252 g/mol. The predicted molar refractivity (Wildman–Crippen MR) is 74.4 cm³/mol. The quantitative estimate of drug-likeness (QED) is 0.834. The number of amides is 1. The number of nitrogens with zero attached hydrogens (tertiary/aromatic N) is 1. The fraction of sp³-hybridized carbons (Fsp3) is 0.933. The van der Waals surface area contributed by atoms with Crippen LogP contribution in [0, 0.1) is 5.92 Å². The molecule has 1 amide bonds. The Labute approximate surface area is 111 Å². The molecule has 2 rings (SSSR count). The van der Waals surface area contributed by atoms with Crippen molar-refractivity contribution in [3.8, 4) is 0 Å². The van der Waals surface area contributed by atoms with Gasteiger partial charge in [-0.25, -0.2) is 0 Å². The number of carbonyl (C=O) groups excluding carboxylic acids is 1. The average Bonchev–Trinajstić information content (AvgIpc) is 2.92. The lowest BCUT2D eigenvalue weighted by Crippen LogP contribution is -2.49. The molecule has 2 aliphatic rings. The van der Waals surface area contributed by atoms with Crippen molar-refractivity contribution in [2.24, 2.45) is 5.92 Å². The molecule has 1 aliphatic carbocycles. The minimum Gasteiger partial charge on any atom is -0.341 e. The van der Waals surface area contributed by atoms with Crippen LogP contribution < -0.4 is 5.32 Å². The highest BCUT2D eigenvalue weighted by Crippen LogP contribution is 2.26. The summed E-state index contributed by atoms with van der Waals surface area (Å²) in [4.78, 5) is 14.2. The smallest absolute Gasteiger partial charge is 0.239 e. The van der Waals surface area contributed by atoms with Crippen LogP contribution >= 0.6 is 0 Å². The van der Waals surface area contributed by atoms with Gasteiger partial charge < -0.3 is 10.2 Å². The molecule has 0 aromatic rings. The van der Waals surface area contributed by atoms with E-state index in [1.165, 1.54) is 44.9 Å². The van der Waals surface area contributed by atoms with E-state index in [9.17, 15) is 4.79 Å². The minimum absolute atomic E-state index is 0.0139. The predicted octanol–water partition coefficient (Wildman–Crippen LogP) is 2.56. The summed E-state index contributed by atoms with van der Waals surface area (Å²) < 4.78 is 0. The zero-order valence-electron chi connectivity index (χ0n) is 12.0. The van der Waals surface area contributed by atoms with Gasteiger partial charge in [0.05, 0.1) is 6.04 Å². The second-order valence-corrected chi connectivity index (χ2v) is 6.11. The molecule has 0 aromatic carbocycles. The molecule has 3 heteroatoms. The van der Waals surface area contributed by atoms with Crippen molar-refractivity contribution >= 4 is 5.91 Å². The van der Waals surface area contributed by atoms with Crippen molar-refractivity contribution in [2.75, 3.05) is 13.1 Å². The Bertz CT molecular complexity index is 268. The Hall–Kier alpha value is -0.570. The molecule has 0 radical (unpaired) electrons. The third kappa shape index (κ3) is 3.47. The summed E-state index contributed by atoms with van der Waals surface area (Å²) in [5.41, 5.74) is 0. The molecule has 0 spiro atoms. The van der Waals surface area contributed by atoms with Crippen LogP contribution in [0.2, 0.25) is 0 Å². The van der Waals surface area contributed by atoms with E-state index < -0.39 is 0 Å². The third-order valence-electron chi connectivity index (χ3n) is 4.66. The highest BCUT2D eigenvalue weighted by Gasteiger charge is 2.27. The van der Waals surface area contributed by atoms with Crippen LogP contribution in [0.4, 0.5) is 0 Å². The molecule has 1 unspecified atom stereocenters. The van der Waals surface area contributed by atoms with E-state index in [2.05, 4.69) is 12.2 Å². The summed E-state index contributed by atoms with van der Waals surface area (Å²) in [5.74, 6) is 1.07. The van der Waals surface area contributed by atoms with Gasteiger partial charge in [-0.3, -0.25) is 4.79 Å². The summed E-state index contributed by atoms with van der Waals surface area (Å²) in [6.07, 6.45) is 9.15. The molecule has 104 valence electrons. The van der Waals surface area contributed by atoms with Crippen molar-refractivity contribution in [3.63, 3.8) is 0 Å². The van der Waals surface area contributed by atoms with Crippen LogP contribution in [-0.2, 0) is 4.79 Å². The first-order valence-electron chi connectivity index (χ1n) is 7.73. The zero-order chi connectivity index (χ0) is 13.0. The number of rotatable bonds is 4. The number of carbonyl (C=O) groups is 1. The normalized spacial score (nSPS) is 25.1. The van der Waals surface area contributed by atoms with Gasteiger partial charge in [0.1, 0.15) is 0 Å². The number of likely N-dealkylation sites (tertiary alicyclic amines) is 1. The van der Waals surface area contributed by atoms with Crippen LogP contribution in [0.5, 0.6) is 0 Å². The second-order valence-electron chi connectivity index (χ2n) is 6.11. The lowest BCUT2D eigenvalue weighted by Gasteiger charge is -2.31. The standard InChI is InChI=1S/C15H28N2O/c1-12(14-8-4-3-5-9-14)16-13(2)15(18)17-10-6-7-11-17/h12-14,16H,3-11H2,1-2H3/t12-,13?/m1/s1. The van der Waals surface area contributed by atoms with Crippen LogP contribution in [0.3, 0.4) is 0 Å². The summed E-state index contributed by atoms with van der Waals surface area (Å²) in [6, 6.07) is 0.465.